The topological polar surface area (TPSA) is 97.2 Å². The fourth-order valence-corrected chi connectivity index (χ4v) is 5.95. The number of nitrogens with one attached hydrogen (secondary N) is 1. The van der Waals surface area contributed by atoms with E-state index in [2.05, 4.69) is 15.4 Å². The van der Waals surface area contributed by atoms with Gasteiger partial charge >= 0.3 is 0 Å². The lowest BCUT2D eigenvalue weighted by Gasteiger charge is -2.25. The monoisotopic (exact) mass is 417 g/mol. The van der Waals surface area contributed by atoms with Gasteiger partial charge in [0.25, 0.3) is 5.91 Å². The maximum Gasteiger partial charge on any atom is 0.267 e. The van der Waals surface area contributed by atoms with E-state index in [9.17, 15) is 13.2 Å². The fourth-order valence-electron chi connectivity index (χ4n) is 3.14. The van der Waals surface area contributed by atoms with Crippen molar-refractivity contribution in [2.75, 3.05) is 18.4 Å². The Morgan fingerprint density at radius 2 is 1.82 bits per heavy atom. The second-order valence-electron chi connectivity index (χ2n) is 6.42. The van der Waals surface area contributed by atoms with Gasteiger partial charge in [-0.2, -0.15) is 9.40 Å². The number of anilines is 1. The molecule has 3 heterocycles. The van der Waals surface area contributed by atoms with Crippen LogP contribution < -0.4 is 5.32 Å². The molecule has 1 aromatic carbocycles. The van der Waals surface area contributed by atoms with Gasteiger partial charge in [0.05, 0.1) is 5.69 Å². The Morgan fingerprint density at radius 1 is 1.07 bits per heavy atom. The third-order valence-corrected chi connectivity index (χ3v) is 7.56. The molecule has 1 aliphatic rings. The highest BCUT2D eigenvalue weighted by molar-refractivity contribution is 7.89. The minimum atomic E-state index is -3.66. The van der Waals surface area contributed by atoms with Gasteiger partial charge in [0.2, 0.25) is 10.0 Å². The Balaban J connectivity index is 1.52. The van der Waals surface area contributed by atoms with Crippen molar-refractivity contribution >= 4 is 33.0 Å². The van der Waals surface area contributed by atoms with E-state index in [1.54, 1.807) is 40.7 Å². The standard InChI is InChI=1S/C18H19N5O3S2/c24-18(21-14-4-6-15(7-5-14)23-13-19-12-20-23)17-16(8-11-27-17)28(25,26)22-9-2-1-3-10-22/h4-8,11-13H,1-3,9-10H2,(H,21,24). The summed E-state index contributed by atoms with van der Waals surface area (Å²) in [5.41, 5.74) is 1.38. The number of benzene rings is 1. The Hall–Kier alpha value is -2.56. The number of amides is 1. The number of aromatic nitrogens is 3. The summed E-state index contributed by atoms with van der Waals surface area (Å²) in [6.07, 6.45) is 5.76. The first-order chi connectivity index (χ1) is 13.6. The summed E-state index contributed by atoms with van der Waals surface area (Å²) in [7, 11) is -3.66. The molecule has 4 rings (SSSR count). The fraction of sp³-hybridized carbons (Fsp3) is 0.278. The van der Waals surface area contributed by atoms with Gasteiger partial charge in [0, 0.05) is 18.8 Å². The number of hydrogen-bond donors (Lipinski definition) is 1. The van der Waals surface area contributed by atoms with E-state index in [1.165, 1.54) is 16.7 Å². The van der Waals surface area contributed by atoms with Crippen LogP contribution in [0.2, 0.25) is 0 Å². The highest BCUT2D eigenvalue weighted by atomic mass is 32.2. The summed E-state index contributed by atoms with van der Waals surface area (Å²) >= 11 is 1.13. The number of sulfonamides is 1. The molecule has 3 aromatic rings. The van der Waals surface area contributed by atoms with Crippen molar-refractivity contribution in [3.8, 4) is 5.69 Å². The van der Waals surface area contributed by atoms with E-state index < -0.39 is 15.9 Å². The second kappa shape index (κ2) is 7.82. The quantitative estimate of drug-likeness (QED) is 0.688. The summed E-state index contributed by atoms with van der Waals surface area (Å²) in [5, 5.41) is 8.46. The van der Waals surface area contributed by atoms with Gasteiger partial charge in [-0.1, -0.05) is 6.42 Å². The van der Waals surface area contributed by atoms with Crippen LogP contribution in [0.25, 0.3) is 5.69 Å². The maximum atomic E-state index is 12.9. The van der Waals surface area contributed by atoms with E-state index in [-0.39, 0.29) is 9.77 Å². The van der Waals surface area contributed by atoms with Crippen LogP contribution >= 0.6 is 11.3 Å². The van der Waals surface area contributed by atoms with Gasteiger partial charge in [0.15, 0.2) is 0 Å². The number of hydrogen-bond acceptors (Lipinski definition) is 6. The van der Waals surface area contributed by atoms with Crippen molar-refractivity contribution in [3.05, 3.63) is 53.2 Å². The second-order valence-corrected chi connectivity index (χ2v) is 9.24. The first kappa shape index (κ1) is 18.8. The predicted molar refractivity (Wildman–Crippen MR) is 106 cm³/mol. The minimum Gasteiger partial charge on any atom is -0.321 e. The number of piperidine rings is 1. The van der Waals surface area contributed by atoms with Gasteiger partial charge in [-0.3, -0.25) is 4.79 Å². The zero-order valence-electron chi connectivity index (χ0n) is 15.0. The highest BCUT2D eigenvalue weighted by Crippen LogP contribution is 2.28. The number of thiophene rings is 1. The number of carbonyl (C=O) groups is 1. The third kappa shape index (κ3) is 3.71. The van der Waals surface area contributed by atoms with Gasteiger partial charge < -0.3 is 5.32 Å². The molecule has 0 atom stereocenters. The van der Waals surface area contributed by atoms with E-state index in [1.807, 2.05) is 0 Å². The molecule has 0 unspecified atom stereocenters. The molecule has 1 fully saturated rings. The SMILES string of the molecule is O=C(Nc1ccc(-n2cncn2)cc1)c1sccc1S(=O)(=O)N1CCCCC1. The summed E-state index contributed by atoms with van der Waals surface area (Å²) in [6, 6.07) is 8.58. The Kier molecular flexibility index (Phi) is 5.25. The van der Waals surface area contributed by atoms with Crippen LogP contribution in [0.15, 0.2) is 53.3 Å². The van der Waals surface area contributed by atoms with E-state index >= 15 is 0 Å². The molecule has 0 aliphatic carbocycles. The van der Waals surface area contributed by atoms with Crippen LogP contribution in [-0.4, -0.2) is 46.5 Å². The molecule has 0 bridgehead atoms. The lowest BCUT2D eigenvalue weighted by atomic mass is 10.2. The predicted octanol–water partition coefficient (Wildman–Crippen LogP) is 2.76. The summed E-state index contributed by atoms with van der Waals surface area (Å²) < 4.78 is 29.0. The molecular weight excluding hydrogens is 398 g/mol. The minimum absolute atomic E-state index is 0.0798. The zero-order chi connectivity index (χ0) is 19.6. The number of carbonyl (C=O) groups excluding carboxylic acids is 1. The van der Waals surface area contributed by atoms with Gasteiger partial charge in [0.1, 0.15) is 22.4 Å². The maximum absolute atomic E-state index is 12.9. The van der Waals surface area contributed by atoms with E-state index in [0.717, 1.165) is 36.3 Å². The van der Waals surface area contributed by atoms with Crippen LogP contribution in [-0.2, 0) is 10.0 Å². The van der Waals surface area contributed by atoms with Crippen molar-refractivity contribution in [3.63, 3.8) is 0 Å². The molecule has 1 N–H and O–H groups in total. The first-order valence-corrected chi connectivity index (χ1v) is 11.2. The third-order valence-electron chi connectivity index (χ3n) is 4.58. The van der Waals surface area contributed by atoms with Crippen molar-refractivity contribution in [1.29, 1.82) is 0 Å². The van der Waals surface area contributed by atoms with Crippen LogP contribution in [0.5, 0.6) is 0 Å². The molecule has 0 spiro atoms. The zero-order valence-corrected chi connectivity index (χ0v) is 16.6. The van der Waals surface area contributed by atoms with Gasteiger partial charge in [-0.15, -0.1) is 11.3 Å². The Labute approximate surface area is 166 Å². The summed E-state index contributed by atoms with van der Waals surface area (Å²) in [4.78, 5) is 16.9. The van der Waals surface area contributed by atoms with Gasteiger partial charge in [-0.25, -0.2) is 18.1 Å². The summed E-state index contributed by atoms with van der Waals surface area (Å²) in [6.45, 7) is 1.01. The van der Waals surface area contributed by atoms with Crippen LogP contribution in [0.4, 0.5) is 5.69 Å². The normalized spacial score (nSPS) is 15.4. The average Bonchev–Trinajstić information content (AvgIpc) is 3.42. The van der Waals surface area contributed by atoms with Crippen molar-refractivity contribution in [2.45, 2.75) is 24.2 Å². The lowest BCUT2D eigenvalue weighted by molar-refractivity contribution is 0.102. The summed E-state index contributed by atoms with van der Waals surface area (Å²) in [5.74, 6) is -0.431. The van der Waals surface area contributed by atoms with Gasteiger partial charge in [-0.05, 0) is 48.6 Å². The first-order valence-electron chi connectivity index (χ1n) is 8.90. The van der Waals surface area contributed by atoms with Crippen LogP contribution in [0, 0.1) is 0 Å². The number of rotatable bonds is 5. The highest BCUT2D eigenvalue weighted by Gasteiger charge is 2.31. The lowest BCUT2D eigenvalue weighted by Crippen LogP contribution is -2.36. The molecule has 0 saturated carbocycles. The number of nitrogens with zero attached hydrogens (tertiary/aromatic N) is 4. The Bertz CT molecular complexity index is 1050. The average molecular weight is 418 g/mol. The van der Waals surface area contributed by atoms with Crippen molar-refractivity contribution in [2.24, 2.45) is 0 Å². The van der Waals surface area contributed by atoms with Crippen molar-refractivity contribution < 1.29 is 13.2 Å². The molecule has 0 radical (unpaired) electrons. The smallest absolute Gasteiger partial charge is 0.267 e. The Morgan fingerprint density at radius 3 is 2.50 bits per heavy atom. The van der Waals surface area contributed by atoms with E-state index in [4.69, 9.17) is 0 Å². The van der Waals surface area contributed by atoms with E-state index in [0.29, 0.717) is 18.8 Å². The molecule has 146 valence electrons. The molecular formula is C18H19N5O3S2. The molecule has 1 amide bonds. The van der Waals surface area contributed by atoms with Crippen molar-refractivity contribution in [1.82, 2.24) is 19.1 Å². The largest absolute Gasteiger partial charge is 0.321 e. The molecule has 10 heteroatoms. The molecule has 28 heavy (non-hydrogen) atoms. The van der Waals surface area contributed by atoms with Crippen LogP contribution in [0.1, 0.15) is 28.9 Å². The molecule has 1 aliphatic heterocycles. The molecule has 8 nitrogen and oxygen atoms in total. The molecule has 2 aromatic heterocycles. The molecule has 1 saturated heterocycles. The van der Waals surface area contributed by atoms with Crippen LogP contribution in [0.3, 0.4) is 0 Å².